The molecule has 0 aromatic heterocycles. The Morgan fingerprint density at radius 2 is 2.08 bits per heavy atom. The second kappa shape index (κ2) is 4.19. The first-order chi connectivity index (χ1) is 6.20. The normalized spacial score (nSPS) is 12.2. The van der Waals surface area contributed by atoms with Gasteiger partial charge in [0.25, 0.3) is 0 Å². The molecular weight excluding hydrogens is 188 g/mol. The Morgan fingerprint density at radius 3 is 2.62 bits per heavy atom. The summed E-state index contributed by atoms with van der Waals surface area (Å²) in [5.74, 6) is -0.293. The minimum absolute atomic E-state index is 0.293. The lowest BCUT2D eigenvalue weighted by molar-refractivity contribution is -0.108. The van der Waals surface area contributed by atoms with Crippen LogP contribution in [0.2, 0.25) is 5.02 Å². The van der Waals surface area contributed by atoms with Crippen molar-refractivity contribution in [3.8, 4) is 0 Å². The molecule has 0 radical (unpaired) electrons. The van der Waals surface area contributed by atoms with Gasteiger partial charge in [-0.05, 0) is 11.6 Å². The molecule has 0 N–H and O–H groups in total. The molecule has 0 saturated heterocycles. The van der Waals surface area contributed by atoms with Crippen LogP contribution < -0.4 is 0 Å². The molecule has 0 fully saturated rings. The summed E-state index contributed by atoms with van der Waals surface area (Å²) in [5.41, 5.74) is 1.08. The van der Waals surface area contributed by atoms with E-state index in [1.165, 1.54) is 0 Å². The quantitative estimate of drug-likeness (QED) is 0.696. The Hall–Kier alpha value is -1.15. The molecular formula is C10H9ClO2. The van der Waals surface area contributed by atoms with Crippen molar-refractivity contribution in [2.24, 2.45) is 0 Å². The van der Waals surface area contributed by atoms with Gasteiger partial charge < -0.3 is 4.79 Å². The van der Waals surface area contributed by atoms with E-state index in [4.69, 9.17) is 11.6 Å². The molecule has 0 heterocycles. The lowest BCUT2D eigenvalue weighted by atomic mass is 9.98. The average molecular weight is 197 g/mol. The maximum Gasteiger partial charge on any atom is 0.151 e. The van der Waals surface area contributed by atoms with Crippen LogP contribution in [0.4, 0.5) is 0 Å². The molecule has 1 unspecified atom stereocenters. The van der Waals surface area contributed by atoms with Gasteiger partial charge in [-0.1, -0.05) is 30.7 Å². The highest BCUT2D eigenvalue weighted by molar-refractivity contribution is 6.33. The summed E-state index contributed by atoms with van der Waals surface area (Å²) in [7, 11) is 0. The van der Waals surface area contributed by atoms with Crippen LogP contribution in [0.1, 0.15) is 28.8 Å². The Balaban J connectivity index is 3.27. The third-order valence-corrected chi connectivity index (χ3v) is 2.23. The molecule has 0 saturated carbocycles. The SMILES string of the molecule is CC(C=O)c1cccc(Cl)c1C=O. The van der Waals surface area contributed by atoms with E-state index in [1.54, 1.807) is 25.1 Å². The molecule has 2 nitrogen and oxygen atoms in total. The van der Waals surface area contributed by atoms with Crippen LogP contribution >= 0.6 is 11.6 Å². The third kappa shape index (κ3) is 1.95. The minimum atomic E-state index is -0.293. The number of benzene rings is 1. The predicted molar refractivity (Wildman–Crippen MR) is 51.3 cm³/mol. The summed E-state index contributed by atoms with van der Waals surface area (Å²) in [4.78, 5) is 21.2. The number of rotatable bonds is 3. The summed E-state index contributed by atoms with van der Waals surface area (Å²) >= 11 is 5.78. The molecule has 13 heavy (non-hydrogen) atoms. The van der Waals surface area contributed by atoms with E-state index in [-0.39, 0.29) is 5.92 Å². The summed E-state index contributed by atoms with van der Waals surface area (Å²) in [6.45, 7) is 1.73. The van der Waals surface area contributed by atoms with E-state index in [0.717, 1.165) is 6.29 Å². The number of halogens is 1. The van der Waals surface area contributed by atoms with Crippen LogP contribution in [-0.4, -0.2) is 12.6 Å². The molecule has 1 aromatic rings. The van der Waals surface area contributed by atoms with Crippen LogP contribution in [0.25, 0.3) is 0 Å². The first kappa shape index (κ1) is 9.93. The standard InChI is InChI=1S/C10H9ClO2/c1-7(5-12)8-3-2-4-10(11)9(8)6-13/h2-7H,1H3. The highest BCUT2D eigenvalue weighted by atomic mass is 35.5. The van der Waals surface area contributed by atoms with Gasteiger partial charge in [0, 0.05) is 11.5 Å². The molecule has 3 heteroatoms. The first-order valence-corrected chi connectivity index (χ1v) is 4.27. The zero-order chi connectivity index (χ0) is 9.84. The summed E-state index contributed by atoms with van der Waals surface area (Å²) in [6, 6.07) is 5.09. The van der Waals surface area contributed by atoms with Crippen molar-refractivity contribution in [3.05, 3.63) is 34.3 Å². The van der Waals surface area contributed by atoms with Crippen molar-refractivity contribution < 1.29 is 9.59 Å². The zero-order valence-electron chi connectivity index (χ0n) is 7.16. The van der Waals surface area contributed by atoms with Crippen molar-refractivity contribution >= 4 is 24.2 Å². The third-order valence-electron chi connectivity index (χ3n) is 1.90. The zero-order valence-corrected chi connectivity index (χ0v) is 7.91. The van der Waals surface area contributed by atoms with E-state index < -0.39 is 0 Å². The fourth-order valence-electron chi connectivity index (χ4n) is 1.15. The van der Waals surface area contributed by atoms with Crippen LogP contribution in [0.5, 0.6) is 0 Å². The summed E-state index contributed by atoms with van der Waals surface area (Å²) < 4.78 is 0. The van der Waals surface area contributed by atoms with Crippen LogP contribution in [0.15, 0.2) is 18.2 Å². The molecule has 0 bridgehead atoms. The van der Waals surface area contributed by atoms with Crippen molar-refractivity contribution in [2.45, 2.75) is 12.8 Å². The van der Waals surface area contributed by atoms with Gasteiger partial charge in [-0.25, -0.2) is 0 Å². The highest BCUT2D eigenvalue weighted by Crippen LogP contribution is 2.23. The average Bonchev–Trinajstić information content (AvgIpc) is 2.16. The van der Waals surface area contributed by atoms with Crippen LogP contribution in [0, 0.1) is 0 Å². The molecule has 0 aliphatic carbocycles. The van der Waals surface area contributed by atoms with Gasteiger partial charge in [0.15, 0.2) is 6.29 Å². The van der Waals surface area contributed by atoms with Gasteiger partial charge in [-0.2, -0.15) is 0 Å². The largest absolute Gasteiger partial charge is 0.303 e. The number of hydrogen-bond acceptors (Lipinski definition) is 2. The molecule has 0 spiro atoms. The van der Waals surface area contributed by atoms with Crippen LogP contribution in [0.3, 0.4) is 0 Å². The van der Waals surface area contributed by atoms with Gasteiger partial charge in [-0.3, -0.25) is 4.79 Å². The minimum Gasteiger partial charge on any atom is -0.303 e. The molecule has 1 aromatic carbocycles. The topological polar surface area (TPSA) is 34.1 Å². The van der Waals surface area contributed by atoms with Gasteiger partial charge in [0.1, 0.15) is 6.29 Å². The number of hydrogen-bond donors (Lipinski definition) is 0. The molecule has 1 rings (SSSR count). The first-order valence-electron chi connectivity index (χ1n) is 3.89. The van der Waals surface area contributed by atoms with E-state index in [1.807, 2.05) is 0 Å². The van der Waals surface area contributed by atoms with Crippen molar-refractivity contribution in [1.82, 2.24) is 0 Å². The number of aldehydes is 2. The van der Waals surface area contributed by atoms with Gasteiger partial charge >= 0.3 is 0 Å². The summed E-state index contributed by atoms with van der Waals surface area (Å²) in [6.07, 6.45) is 1.47. The monoisotopic (exact) mass is 196 g/mol. The van der Waals surface area contributed by atoms with Gasteiger partial charge in [-0.15, -0.1) is 0 Å². The smallest absolute Gasteiger partial charge is 0.151 e. The maximum atomic E-state index is 10.7. The molecule has 1 atom stereocenters. The van der Waals surface area contributed by atoms with Crippen molar-refractivity contribution in [2.75, 3.05) is 0 Å². The van der Waals surface area contributed by atoms with Crippen LogP contribution in [-0.2, 0) is 4.79 Å². The van der Waals surface area contributed by atoms with Crippen molar-refractivity contribution in [1.29, 1.82) is 0 Å². The maximum absolute atomic E-state index is 10.7. The fraction of sp³-hybridized carbons (Fsp3) is 0.200. The Labute approximate surface area is 81.5 Å². The van der Waals surface area contributed by atoms with Gasteiger partial charge in [0.05, 0.1) is 5.02 Å². The predicted octanol–water partition coefficient (Wildman–Crippen LogP) is 2.45. The van der Waals surface area contributed by atoms with E-state index in [9.17, 15) is 9.59 Å². The summed E-state index contributed by atoms with van der Waals surface area (Å²) in [5, 5.41) is 0.390. The van der Waals surface area contributed by atoms with E-state index >= 15 is 0 Å². The number of carbonyl (C=O) groups excluding carboxylic acids is 2. The fourth-order valence-corrected chi connectivity index (χ4v) is 1.37. The second-order valence-electron chi connectivity index (χ2n) is 2.79. The molecule has 0 aliphatic rings. The number of carbonyl (C=O) groups is 2. The Morgan fingerprint density at radius 1 is 1.38 bits per heavy atom. The second-order valence-corrected chi connectivity index (χ2v) is 3.19. The molecule has 68 valence electrons. The molecule has 0 aliphatic heterocycles. The van der Waals surface area contributed by atoms with Crippen molar-refractivity contribution in [3.63, 3.8) is 0 Å². The van der Waals surface area contributed by atoms with Gasteiger partial charge in [0.2, 0.25) is 0 Å². The lowest BCUT2D eigenvalue weighted by Gasteiger charge is -2.07. The van der Waals surface area contributed by atoms with E-state index in [0.29, 0.717) is 22.4 Å². The lowest BCUT2D eigenvalue weighted by Crippen LogP contribution is -2.00. The van der Waals surface area contributed by atoms with E-state index in [2.05, 4.69) is 0 Å². The highest BCUT2D eigenvalue weighted by Gasteiger charge is 2.11. The Bertz CT molecular complexity index is 334. The Kier molecular flexibility index (Phi) is 3.20. The molecule has 0 amide bonds.